The summed E-state index contributed by atoms with van der Waals surface area (Å²) in [6, 6.07) is 8.08. The van der Waals surface area contributed by atoms with Crippen molar-refractivity contribution in [2.45, 2.75) is 77.7 Å². The van der Waals surface area contributed by atoms with Gasteiger partial charge in [-0.25, -0.2) is 4.98 Å². The highest BCUT2D eigenvalue weighted by atomic mass is 16.5. The molecule has 2 aromatic rings. The van der Waals surface area contributed by atoms with E-state index in [2.05, 4.69) is 48.2 Å². The third-order valence-corrected chi connectivity index (χ3v) is 7.18. The zero-order valence-corrected chi connectivity index (χ0v) is 22.4. The number of allylic oxidation sites excluding steroid dienone is 2. The van der Waals surface area contributed by atoms with Crippen molar-refractivity contribution in [1.82, 2.24) is 9.97 Å². The Labute approximate surface area is 219 Å². The van der Waals surface area contributed by atoms with Crippen molar-refractivity contribution in [3.8, 4) is 6.07 Å². The van der Waals surface area contributed by atoms with Crippen molar-refractivity contribution < 1.29 is 19.7 Å². The molecule has 4 N–H and O–H groups in total. The molecule has 0 spiro atoms. The topological polar surface area (TPSA) is 131 Å². The Morgan fingerprint density at radius 3 is 2.76 bits per heavy atom. The lowest BCUT2D eigenvalue weighted by atomic mass is 9.76. The highest BCUT2D eigenvalue weighted by molar-refractivity contribution is 6.03. The molecule has 0 aliphatic heterocycles. The lowest BCUT2D eigenvalue weighted by Crippen LogP contribution is -2.36. The molecule has 1 aromatic carbocycles. The van der Waals surface area contributed by atoms with Gasteiger partial charge in [0.25, 0.3) is 5.91 Å². The van der Waals surface area contributed by atoms with Gasteiger partial charge in [0.1, 0.15) is 11.8 Å². The van der Waals surface area contributed by atoms with Gasteiger partial charge in [-0.2, -0.15) is 5.26 Å². The number of aliphatic hydroxyl groups is 2. The van der Waals surface area contributed by atoms with Gasteiger partial charge in [-0.05, 0) is 73.6 Å². The van der Waals surface area contributed by atoms with Crippen molar-refractivity contribution in [1.29, 1.82) is 5.26 Å². The van der Waals surface area contributed by atoms with Crippen molar-refractivity contribution >= 4 is 17.2 Å². The highest BCUT2D eigenvalue weighted by Crippen LogP contribution is 2.42. The molecule has 1 aliphatic carbocycles. The molecular weight excluding hydrogens is 468 g/mol. The smallest absolute Gasteiger partial charge is 0.291 e. The maximum absolute atomic E-state index is 12.9. The summed E-state index contributed by atoms with van der Waals surface area (Å²) in [6.07, 6.45) is 9.03. The van der Waals surface area contributed by atoms with E-state index in [1.165, 1.54) is 11.8 Å². The van der Waals surface area contributed by atoms with Gasteiger partial charge in [-0.3, -0.25) is 4.79 Å². The van der Waals surface area contributed by atoms with Crippen LogP contribution in [0.1, 0.15) is 99.6 Å². The molecule has 8 heteroatoms. The van der Waals surface area contributed by atoms with Gasteiger partial charge in [0.15, 0.2) is 5.82 Å². The molecule has 37 heavy (non-hydrogen) atoms. The van der Waals surface area contributed by atoms with Crippen LogP contribution in [0.5, 0.6) is 0 Å². The minimum atomic E-state index is -0.762. The Kier molecular flexibility index (Phi) is 9.66. The van der Waals surface area contributed by atoms with Gasteiger partial charge in [0.05, 0.1) is 31.6 Å². The van der Waals surface area contributed by atoms with Crippen LogP contribution in [-0.4, -0.2) is 51.5 Å². The number of nitrogens with zero attached hydrogens (tertiary/aromatic N) is 2. The Balaban J connectivity index is 1.98. The minimum absolute atomic E-state index is 0.0916. The van der Waals surface area contributed by atoms with Crippen LogP contribution in [-0.2, 0) is 4.74 Å². The second kappa shape index (κ2) is 12.5. The van der Waals surface area contributed by atoms with E-state index in [9.17, 15) is 15.0 Å². The number of benzene rings is 1. The number of H-pyrrole nitrogens is 1. The zero-order chi connectivity index (χ0) is 27.1. The van der Waals surface area contributed by atoms with Gasteiger partial charge < -0.3 is 25.3 Å². The normalized spacial score (nSPS) is 17.4. The van der Waals surface area contributed by atoms with E-state index in [-0.39, 0.29) is 42.7 Å². The van der Waals surface area contributed by atoms with Crippen molar-refractivity contribution in [3.05, 3.63) is 53.1 Å². The average Bonchev–Trinajstić information content (AvgIpc) is 3.37. The first-order chi connectivity index (χ1) is 17.6. The van der Waals surface area contributed by atoms with Crippen LogP contribution < -0.4 is 5.32 Å². The molecular formula is C29H40N4O4. The van der Waals surface area contributed by atoms with Crippen molar-refractivity contribution in [2.75, 3.05) is 25.1 Å². The standard InChI is InChI=1S/C29H40N4O4/c1-5-6-22(16-29(4,19-35)37-14-13-34)21-7-8-25(33-27(36)26-31-18-23(17-30)32-26)24(15-21)20-9-11-28(2,3)12-10-20/h7-9,15,18,22,34-35H,5-6,10-14,16,19H2,1-4H3,(H,31,32)(H,33,36)/t22-,29+/m0/s1. The van der Waals surface area contributed by atoms with Gasteiger partial charge in [0, 0.05) is 11.3 Å². The number of nitriles is 1. The largest absolute Gasteiger partial charge is 0.394 e. The number of imidazole rings is 1. The quantitative estimate of drug-likeness (QED) is 0.313. The van der Waals surface area contributed by atoms with E-state index in [1.54, 1.807) is 0 Å². The molecule has 2 atom stereocenters. The third kappa shape index (κ3) is 7.51. The SMILES string of the molecule is CCC[C@@H](C[C@](C)(CO)OCCO)c1ccc(NC(=O)c2ncc(C#N)[nH]2)c(C2=CCC(C)(C)CC2)c1. The molecule has 0 fully saturated rings. The van der Waals surface area contributed by atoms with E-state index >= 15 is 0 Å². The Morgan fingerprint density at radius 1 is 1.38 bits per heavy atom. The number of ether oxygens (including phenoxy) is 1. The molecule has 0 bridgehead atoms. The Hall–Kier alpha value is -2.99. The van der Waals surface area contributed by atoms with Crippen LogP contribution in [0.25, 0.3) is 5.57 Å². The number of aliphatic hydroxyl groups excluding tert-OH is 2. The monoisotopic (exact) mass is 508 g/mol. The molecule has 1 aromatic heterocycles. The van der Waals surface area contributed by atoms with Crippen LogP contribution in [0, 0.1) is 16.7 Å². The van der Waals surface area contributed by atoms with Gasteiger partial charge in [-0.15, -0.1) is 0 Å². The fourth-order valence-electron chi connectivity index (χ4n) is 4.90. The number of amides is 1. The number of anilines is 1. The second-order valence-electron chi connectivity index (χ2n) is 11.0. The molecule has 0 saturated heterocycles. The summed E-state index contributed by atoms with van der Waals surface area (Å²) in [5.74, 6) is -0.176. The Morgan fingerprint density at radius 2 is 2.16 bits per heavy atom. The van der Waals surface area contributed by atoms with E-state index < -0.39 is 11.5 Å². The summed E-state index contributed by atoms with van der Waals surface area (Å²) in [5.41, 5.74) is 3.72. The predicted octanol–water partition coefficient (Wildman–Crippen LogP) is 5.16. The molecule has 0 saturated carbocycles. The fraction of sp³-hybridized carbons (Fsp3) is 0.552. The average molecular weight is 509 g/mol. The number of aromatic amines is 1. The van der Waals surface area contributed by atoms with Crippen LogP contribution in [0.2, 0.25) is 0 Å². The van der Waals surface area contributed by atoms with E-state index in [0.717, 1.165) is 43.2 Å². The molecule has 1 aliphatic rings. The van der Waals surface area contributed by atoms with Crippen LogP contribution in [0.3, 0.4) is 0 Å². The summed E-state index contributed by atoms with van der Waals surface area (Å²) in [5, 5.41) is 31.3. The lowest BCUT2D eigenvalue weighted by Gasteiger charge is -2.33. The molecule has 1 heterocycles. The third-order valence-electron chi connectivity index (χ3n) is 7.18. The summed E-state index contributed by atoms with van der Waals surface area (Å²) in [6.45, 7) is 8.49. The molecule has 3 rings (SSSR count). The van der Waals surface area contributed by atoms with Gasteiger partial charge in [0.2, 0.25) is 0 Å². The number of hydrogen-bond acceptors (Lipinski definition) is 6. The predicted molar refractivity (Wildman–Crippen MR) is 144 cm³/mol. The molecule has 0 radical (unpaired) electrons. The summed E-state index contributed by atoms with van der Waals surface area (Å²) < 4.78 is 5.83. The summed E-state index contributed by atoms with van der Waals surface area (Å²) in [7, 11) is 0. The first-order valence-electron chi connectivity index (χ1n) is 13.1. The summed E-state index contributed by atoms with van der Waals surface area (Å²) >= 11 is 0. The van der Waals surface area contributed by atoms with E-state index in [4.69, 9.17) is 10.00 Å². The van der Waals surface area contributed by atoms with Crippen LogP contribution in [0.4, 0.5) is 5.69 Å². The molecule has 200 valence electrons. The van der Waals surface area contributed by atoms with Crippen molar-refractivity contribution in [2.24, 2.45) is 5.41 Å². The zero-order valence-electron chi connectivity index (χ0n) is 22.4. The van der Waals surface area contributed by atoms with Gasteiger partial charge in [-0.1, -0.05) is 39.3 Å². The number of aromatic nitrogens is 2. The number of hydrogen-bond donors (Lipinski definition) is 4. The van der Waals surface area contributed by atoms with Crippen LogP contribution in [0.15, 0.2) is 30.5 Å². The molecule has 8 nitrogen and oxygen atoms in total. The first kappa shape index (κ1) is 28.6. The van der Waals surface area contributed by atoms with E-state index in [1.807, 2.05) is 25.1 Å². The highest BCUT2D eigenvalue weighted by Gasteiger charge is 2.30. The summed E-state index contributed by atoms with van der Waals surface area (Å²) in [4.78, 5) is 19.7. The second-order valence-corrected chi connectivity index (χ2v) is 11.0. The minimum Gasteiger partial charge on any atom is -0.394 e. The molecule has 1 amide bonds. The van der Waals surface area contributed by atoms with Crippen molar-refractivity contribution in [3.63, 3.8) is 0 Å². The van der Waals surface area contributed by atoms with Crippen LogP contribution >= 0.6 is 0 Å². The van der Waals surface area contributed by atoms with Gasteiger partial charge >= 0.3 is 0 Å². The first-order valence-corrected chi connectivity index (χ1v) is 13.1. The number of carbonyl (C=O) groups excluding carboxylic acids is 1. The maximum Gasteiger partial charge on any atom is 0.291 e. The Bertz CT molecular complexity index is 1150. The maximum atomic E-state index is 12.9. The number of rotatable bonds is 12. The van der Waals surface area contributed by atoms with E-state index in [0.29, 0.717) is 12.1 Å². The fourth-order valence-corrected chi connectivity index (χ4v) is 4.90. The number of nitrogens with one attached hydrogen (secondary N) is 2. The molecule has 0 unspecified atom stereocenters. The lowest BCUT2D eigenvalue weighted by molar-refractivity contribution is -0.0852. The number of carbonyl (C=O) groups is 1.